The molecule has 8 nitrogen and oxygen atoms in total. The number of aliphatic hydroxyl groups excluding tert-OH is 1. The van der Waals surface area contributed by atoms with Crippen molar-refractivity contribution in [2.24, 2.45) is 0 Å². The molecule has 75 heavy (non-hydrogen) atoms. The Kier molecular flexibility index (Phi) is 54.2. The molecule has 0 saturated heterocycles. The monoisotopic (exact) mass is 1070 g/mol. The molecule has 0 bridgehead atoms. The van der Waals surface area contributed by atoms with Gasteiger partial charge in [0.05, 0.1) is 39.9 Å². The van der Waals surface area contributed by atoms with Crippen molar-refractivity contribution in [3.05, 3.63) is 97.2 Å². The lowest BCUT2D eigenvalue weighted by Crippen LogP contribution is -2.46. The van der Waals surface area contributed by atoms with Crippen LogP contribution in [0.1, 0.15) is 264 Å². The zero-order chi connectivity index (χ0) is 54.9. The first-order chi connectivity index (χ1) is 36.5. The summed E-state index contributed by atoms with van der Waals surface area (Å²) in [5.41, 5.74) is 0. The van der Waals surface area contributed by atoms with Crippen LogP contribution in [0.5, 0.6) is 0 Å². The van der Waals surface area contributed by atoms with Crippen LogP contribution in [-0.4, -0.2) is 73.4 Å². The number of nitrogens with one attached hydrogen (secondary N) is 1. The van der Waals surface area contributed by atoms with Gasteiger partial charge in [0.15, 0.2) is 0 Å². The van der Waals surface area contributed by atoms with Gasteiger partial charge in [-0.25, -0.2) is 4.57 Å². The molecule has 0 spiro atoms. The normalized spacial score (nSPS) is 14.5. The van der Waals surface area contributed by atoms with Crippen LogP contribution in [0, 0.1) is 0 Å². The molecule has 3 N–H and O–H groups in total. The second-order valence-electron chi connectivity index (χ2n) is 22.1. The molecule has 0 aromatic heterocycles. The van der Waals surface area contributed by atoms with Gasteiger partial charge in [0.1, 0.15) is 13.2 Å². The number of carbonyl (C=O) groups is 1. The lowest BCUT2D eigenvalue weighted by Gasteiger charge is -2.26. The number of carbonyl (C=O) groups excluding carboxylic acids is 1. The Labute approximate surface area is 464 Å². The Morgan fingerprint density at radius 1 is 0.467 bits per heavy atom. The number of amides is 1. The van der Waals surface area contributed by atoms with Gasteiger partial charge in [-0.2, -0.15) is 0 Å². The molecule has 0 aliphatic carbocycles. The number of rotatable bonds is 56. The van der Waals surface area contributed by atoms with Crippen LogP contribution in [0.25, 0.3) is 0 Å². The van der Waals surface area contributed by atoms with Gasteiger partial charge in [-0.05, 0) is 77.0 Å². The fraction of sp³-hybridized carbons (Fsp3) is 0.742. The first kappa shape index (κ1) is 72.4. The number of allylic oxidation sites excluding steroid dienone is 16. The lowest BCUT2D eigenvalue weighted by molar-refractivity contribution is -0.870. The summed E-state index contributed by atoms with van der Waals surface area (Å²) < 4.78 is 23.8. The average molecular weight is 1070 g/mol. The quantitative estimate of drug-likeness (QED) is 0.0243. The molecule has 0 rings (SSSR count). The van der Waals surface area contributed by atoms with Crippen LogP contribution in [0.15, 0.2) is 97.2 Å². The van der Waals surface area contributed by atoms with Gasteiger partial charge < -0.3 is 19.8 Å². The first-order valence-corrected chi connectivity index (χ1v) is 32.6. The van der Waals surface area contributed by atoms with Crippen LogP contribution in [-0.2, 0) is 18.4 Å². The number of likely N-dealkylation sites (N-methyl/N-ethyl adjacent to an activating group) is 1. The SMILES string of the molecule is CC/C=C\C/C=C\C/C=C\C/C=C\C/C=C\C/C=C\C/C=C\C/C=C\CCCCCCCCC(=O)NC(COP(=O)(O)OCC[N+](C)(C)C)C(O)CCCCCCCCCCCCCCCCCCCCCCCC. The molecular formula is C66H120N2O6P+. The lowest BCUT2D eigenvalue weighted by atomic mass is 10.0. The van der Waals surface area contributed by atoms with Crippen molar-refractivity contribution in [1.82, 2.24) is 5.32 Å². The fourth-order valence-corrected chi connectivity index (χ4v) is 9.51. The fourth-order valence-electron chi connectivity index (χ4n) is 8.77. The predicted molar refractivity (Wildman–Crippen MR) is 327 cm³/mol. The van der Waals surface area contributed by atoms with Crippen LogP contribution < -0.4 is 5.32 Å². The Balaban J connectivity index is 4.21. The number of nitrogens with zero attached hydrogens (tertiary/aromatic N) is 1. The molecule has 434 valence electrons. The van der Waals surface area contributed by atoms with Crippen molar-refractivity contribution in [2.45, 2.75) is 276 Å². The number of quaternary nitrogens is 1. The van der Waals surface area contributed by atoms with E-state index in [1.54, 1.807) is 0 Å². The molecule has 0 fully saturated rings. The third kappa shape index (κ3) is 58.9. The minimum Gasteiger partial charge on any atom is -0.391 e. The predicted octanol–water partition coefficient (Wildman–Crippen LogP) is 19.4. The number of aliphatic hydroxyl groups is 1. The van der Waals surface area contributed by atoms with Crippen LogP contribution in [0.2, 0.25) is 0 Å². The van der Waals surface area contributed by atoms with Gasteiger partial charge in [0.25, 0.3) is 0 Å². The molecule has 0 heterocycles. The molecule has 0 aliphatic rings. The van der Waals surface area contributed by atoms with Crippen molar-refractivity contribution in [3.8, 4) is 0 Å². The van der Waals surface area contributed by atoms with Crippen molar-refractivity contribution in [2.75, 3.05) is 40.9 Å². The highest BCUT2D eigenvalue weighted by Gasteiger charge is 2.28. The van der Waals surface area contributed by atoms with Crippen molar-refractivity contribution >= 4 is 13.7 Å². The van der Waals surface area contributed by atoms with E-state index >= 15 is 0 Å². The van der Waals surface area contributed by atoms with Crippen LogP contribution in [0.3, 0.4) is 0 Å². The Morgan fingerprint density at radius 3 is 1.17 bits per heavy atom. The van der Waals surface area contributed by atoms with E-state index in [0.717, 1.165) is 103 Å². The molecule has 9 heteroatoms. The largest absolute Gasteiger partial charge is 0.472 e. The Morgan fingerprint density at radius 2 is 0.800 bits per heavy atom. The smallest absolute Gasteiger partial charge is 0.391 e. The van der Waals surface area contributed by atoms with Crippen molar-refractivity contribution < 1.29 is 32.9 Å². The summed E-state index contributed by atoms with van der Waals surface area (Å²) in [6.45, 7) is 4.78. The van der Waals surface area contributed by atoms with E-state index < -0.39 is 20.0 Å². The number of hydrogen-bond donors (Lipinski definition) is 3. The molecule has 0 aliphatic heterocycles. The van der Waals surface area contributed by atoms with E-state index in [0.29, 0.717) is 23.9 Å². The maximum absolute atomic E-state index is 13.0. The maximum atomic E-state index is 13.0. The summed E-state index contributed by atoms with van der Waals surface area (Å²) in [6.07, 6.45) is 80.4. The highest BCUT2D eigenvalue weighted by atomic mass is 31.2. The topological polar surface area (TPSA) is 105 Å². The minimum absolute atomic E-state index is 0.0669. The van der Waals surface area contributed by atoms with Gasteiger partial charge in [0.2, 0.25) is 5.91 Å². The van der Waals surface area contributed by atoms with Crippen molar-refractivity contribution in [3.63, 3.8) is 0 Å². The first-order valence-electron chi connectivity index (χ1n) is 31.1. The Hall–Kier alpha value is -2.58. The zero-order valence-electron chi connectivity index (χ0n) is 49.5. The molecule has 0 aromatic carbocycles. The van der Waals surface area contributed by atoms with Crippen LogP contribution in [0.4, 0.5) is 0 Å². The van der Waals surface area contributed by atoms with E-state index in [1.165, 1.54) is 135 Å². The van der Waals surface area contributed by atoms with E-state index in [2.05, 4.69) is 116 Å². The molecule has 3 atom stereocenters. The molecule has 1 amide bonds. The van der Waals surface area contributed by atoms with Gasteiger partial charge in [-0.15, -0.1) is 0 Å². The zero-order valence-corrected chi connectivity index (χ0v) is 50.4. The maximum Gasteiger partial charge on any atom is 0.472 e. The number of phosphoric ester groups is 1. The summed E-state index contributed by atoms with van der Waals surface area (Å²) >= 11 is 0. The summed E-state index contributed by atoms with van der Waals surface area (Å²) in [6, 6.07) is -0.777. The summed E-state index contributed by atoms with van der Waals surface area (Å²) in [4.78, 5) is 23.4. The third-order valence-electron chi connectivity index (χ3n) is 13.6. The highest BCUT2D eigenvalue weighted by Crippen LogP contribution is 2.43. The van der Waals surface area contributed by atoms with E-state index in [9.17, 15) is 19.4 Å². The number of hydrogen-bond acceptors (Lipinski definition) is 5. The van der Waals surface area contributed by atoms with Gasteiger partial charge in [-0.1, -0.05) is 278 Å². The van der Waals surface area contributed by atoms with E-state index in [1.807, 2.05) is 21.1 Å². The second-order valence-corrected chi connectivity index (χ2v) is 23.5. The molecule has 0 aromatic rings. The Bertz CT molecular complexity index is 1540. The summed E-state index contributed by atoms with van der Waals surface area (Å²) in [5, 5.41) is 14.1. The standard InChI is InChI=1S/C66H119N2O6P/c1-6-8-10-12-14-16-18-20-22-24-26-28-30-31-32-33-34-35-36-37-38-40-42-44-46-48-50-52-54-56-58-60-66(70)67-64(63-74-75(71,72)73-62-61-68(3,4)5)65(69)59-57-55-53-51-49-47-45-43-41-39-29-27-25-23-21-19-17-15-13-11-9-7-2/h8,10,14,16,20,22,26,28,31-32,34-35,37-38,42,44,64-65,69H,6-7,9,11-13,15,17-19,21,23-25,27,29-30,33,36,39-41,43,45-63H2,1-5H3,(H-,67,70,71,72)/p+1/b10-8-,16-14-,22-20-,28-26-,32-31-,35-34-,38-37-,44-42-. The van der Waals surface area contributed by atoms with Gasteiger partial charge >= 0.3 is 7.82 Å². The van der Waals surface area contributed by atoms with E-state index in [-0.39, 0.29) is 19.1 Å². The van der Waals surface area contributed by atoms with Crippen LogP contribution >= 0.6 is 7.82 Å². The molecule has 3 unspecified atom stereocenters. The number of unbranched alkanes of at least 4 members (excludes halogenated alkanes) is 27. The molecule has 0 radical (unpaired) electrons. The van der Waals surface area contributed by atoms with Gasteiger partial charge in [0, 0.05) is 6.42 Å². The second kappa shape index (κ2) is 56.2. The number of phosphoric acid groups is 1. The summed E-state index contributed by atoms with van der Waals surface area (Å²) in [7, 11) is 1.60. The van der Waals surface area contributed by atoms with E-state index in [4.69, 9.17) is 9.05 Å². The minimum atomic E-state index is -4.34. The average Bonchev–Trinajstić information content (AvgIpc) is 3.37. The molecular weight excluding hydrogens is 948 g/mol. The highest BCUT2D eigenvalue weighted by molar-refractivity contribution is 7.47. The van der Waals surface area contributed by atoms with Gasteiger partial charge in [-0.3, -0.25) is 13.8 Å². The summed E-state index contributed by atoms with van der Waals surface area (Å²) in [5.74, 6) is -0.160. The molecule has 0 saturated carbocycles. The van der Waals surface area contributed by atoms with Crippen molar-refractivity contribution in [1.29, 1.82) is 0 Å². The third-order valence-corrected chi connectivity index (χ3v) is 14.6.